The molecule has 1 fully saturated rings. The van der Waals surface area contributed by atoms with Crippen molar-refractivity contribution in [1.29, 1.82) is 0 Å². The maximum absolute atomic E-state index is 14.0. The molecule has 0 spiro atoms. The van der Waals surface area contributed by atoms with Crippen LogP contribution in [0.3, 0.4) is 0 Å². The van der Waals surface area contributed by atoms with Crippen LogP contribution in [0.5, 0.6) is 0 Å². The maximum Gasteiger partial charge on any atom is 0.266 e. The van der Waals surface area contributed by atoms with Crippen molar-refractivity contribution < 1.29 is 4.79 Å². The average Bonchev–Trinajstić information content (AvgIpc) is 2.87. The number of carbonyl (C=O) groups excluding carboxylic acids is 1. The second-order valence-electron chi connectivity index (χ2n) is 9.88. The van der Waals surface area contributed by atoms with Gasteiger partial charge in [0, 0.05) is 17.5 Å². The number of aryl methyl sites for hydroxylation is 1. The molecule has 37 heavy (non-hydrogen) atoms. The third-order valence-electron chi connectivity index (χ3n) is 7.48. The zero-order valence-corrected chi connectivity index (χ0v) is 22.1. The maximum atomic E-state index is 14.0. The minimum atomic E-state index is -0.343. The third-order valence-corrected chi connectivity index (χ3v) is 7.72. The molecule has 1 aromatic heterocycles. The predicted octanol–water partition coefficient (Wildman–Crippen LogP) is 6.67. The fraction of sp³-hybridized carbons (Fsp3) is 0.323. The number of carbonyl (C=O) groups is 1. The van der Waals surface area contributed by atoms with E-state index in [0.717, 1.165) is 36.9 Å². The van der Waals surface area contributed by atoms with Gasteiger partial charge in [-0.15, -0.1) is 0 Å². The molecule has 1 saturated carbocycles. The van der Waals surface area contributed by atoms with Gasteiger partial charge in [-0.05, 0) is 74.1 Å². The first kappa shape index (κ1) is 25.2. The van der Waals surface area contributed by atoms with Gasteiger partial charge in [-0.25, -0.2) is 4.98 Å². The highest BCUT2D eigenvalue weighted by Crippen LogP contribution is 2.34. The number of hydrogen-bond donors (Lipinski definition) is 0. The summed E-state index contributed by atoms with van der Waals surface area (Å²) in [4.78, 5) is 34.8. The predicted molar refractivity (Wildman–Crippen MR) is 149 cm³/mol. The summed E-state index contributed by atoms with van der Waals surface area (Å²) in [5, 5.41) is 1.16. The second-order valence-corrected chi connectivity index (χ2v) is 10.3. The summed E-state index contributed by atoms with van der Waals surface area (Å²) in [6.45, 7) is 4.58. The fourth-order valence-electron chi connectivity index (χ4n) is 5.22. The average molecular weight is 514 g/mol. The molecule has 0 aliphatic heterocycles. The van der Waals surface area contributed by atoms with Crippen LogP contribution in [0.1, 0.15) is 55.6 Å². The quantitative estimate of drug-likeness (QED) is 0.264. The van der Waals surface area contributed by atoms with Crippen LogP contribution in [0.2, 0.25) is 5.02 Å². The number of nitrogens with zero attached hydrogens (tertiary/aromatic N) is 3. The molecular formula is C31H32ClN3O2. The first-order valence-electron chi connectivity index (χ1n) is 13.1. The van der Waals surface area contributed by atoms with Gasteiger partial charge in [-0.3, -0.25) is 14.2 Å². The van der Waals surface area contributed by atoms with E-state index < -0.39 is 0 Å². The van der Waals surface area contributed by atoms with Crippen LogP contribution < -0.4 is 5.56 Å². The third kappa shape index (κ3) is 5.05. The van der Waals surface area contributed by atoms with Gasteiger partial charge >= 0.3 is 0 Å². The van der Waals surface area contributed by atoms with Gasteiger partial charge in [0.2, 0.25) is 5.91 Å². The minimum Gasteiger partial charge on any atom is -0.332 e. The van der Waals surface area contributed by atoms with E-state index in [0.29, 0.717) is 34.7 Å². The number of para-hydroxylation sites is 1. The van der Waals surface area contributed by atoms with Crippen molar-refractivity contribution in [3.05, 3.63) is 105 Å². The SMILES string of the molecule is CCC(c1nc2ccccc2c(=O)n1-c1ccc(Cl)cc1C)N(CCc1ccccc1)C(=O)C1CCC1. The number of rotatable bonds is 8. The molecule has 1 amide bonds. The second kappa shape index (κ2) is 10.9. The molecular weight excluding hydrogens is 482 g/mol. The van der Waals surface area contributed by atoms with Gasteiger partial charge in [-0.1, -0.05) is 67.4 Å². The van der Waals surface area contributed by atoms with Gasteiger partial charge in [0.05, 0.1) is 22.6 Å². The van der Waals surface area contributed by atoms with Crippen molar-refractivity contribution in [2.45, 2.75) is 52.0 Å². The van der Waals surface area contributed by atoms with E-state index in [-0.39, 0.29) is 23.4 Å². The number of hydrogen-bond acceptors (Lipinski definition) is 3. The van der Waals surface area contributed by atoms with Crippen molar-refractivity contribution in [2.75, 3.05) is 6.54 Å². The number of aromatic nitrogens is 2. The van der Waals surface area contributed by atoms with Crippen LogP contribution in [0.4, 0.5) is 0 Å². The molecule has 4 aromatic rings. The molecule has 3 aromatic carbocycles. The smallest absolute Gasteiger partial charge is 0.266 e. The number of halogens is 1. The molecule has 190 valence electrons. The molecule has 5 nitrogen and oxygen atoms in total. The Balaban J connectivity index is 1.67. The van der Waals surface area contributed by atoms with Crippen molar-refractivity contribution >= 4 is 28.4 Å². The lowest BCUT2D eigenvalue weighted by Gasteiger charge is -2.37. The summed E-state index contributed by atoms with van der Waals surface area (Å²) in [5.41, 5.74) is 3.30. The molecule has 0 N–H and O–H groups in total. The normalized spacial score (nSPS) is 14.4. The summed E-state index contributed by atoms with van der Waals surface area (Å²) in [5.74, 6) is 0.802. The molecule has 1 unspecified atom stereocenters. The van der Waals surface area contributed by atoms with E-state index in [1.165, 1.54) is 5.56 Å². The van der Waals surface area contributed by atoms with Crippen molar-refractivity contribution in [3.63, 3.8) is 0 Å². The van der Waals surface area contributed by atoms with Gasteiger partial charge in [-0.2, -0.15) is 0 Å². The van der Waals surface area contributed by atoms with E-state index >= 15 is 0 Å². The van der Waals surface area contributed by atoms with Crippen LogP contribution in [0, 0.1) is 12.8 Å². The standard InChI is InChI=1S/C31H32ClN3O2/c1-3-27(34(30(36)23-12-9-13-23)19-18-22-10-5-4-6-11-22)29-33-26-15-8-7-14-25(26)31(37)35(29)28-17-16-24(32)20-21(28)2/h4-8,10-11,14-17,20,23,27H,3,9,12-13,18-19H2,1-2H3. The van der Waals surface area contributed by atoms with Gasteiger partial charge < -0.3 is 4.90 Å². The van der Waals surface area contributed by atoms with Gasteiger partial charge in [0.1, 0.15) is 5.82 Å². The Labute approximate surface area is 222 Å². The van der Waals surface area contributed by atoms with Crippen LogP contribution >= 0.6 is 11.6 Å². The lowest BCUT2D eigenvalue weighted by molar-refractivity contribution is -0.141. The van der Waals surface area contributed by atoms with Crippen LogP contribution in [-0.4, -0.2) is 26.9 Å². The highest BCUT2D eigenvalue weighted by atomic mass is 35.5. The Morgan fingerprint density at radius 1 is 1.08 bits per heavy atom. The molecule has 1 heterocycles. The molecule has 1 aliphatic carbocycles. The van der Waals surface area contributed by atoms with E-state index in [1.54, 1.807) is 10.6 Å². The number of fused-ring (bicyclic) bond motifs is 1. The molecule has 0 bridgehead atoms. The number of amides is 1. The first-order valence-corrected chi connectivity index (χ1v) is 13.5. The van der Waals surface area contributed by atoms with Crippen molar-refractivity contribution in [3.8, 4) is 5.69 Å². The molecule has 1 aliphatic rings. The fourth-order valence-corrected chi connectivity index (χ4v) is 5.45. The largest absolute Gasteiger partial charge is 0.332 e. The highest BCUT2D eigenvalue weighted by molar-refractivity contribution is 6.30. The van der Waals surface area contributed by atoms with E-state index in [2.05, 4.69) is 19.1 Å². The van der Waals surface area contributed by atoms with E-state index in [4.69, 9.17) is 16.6 Å². The Morgan fingerprint density at radius 3 is 2.49 bits per heavy atom. The molecule has 0 radical (unpaired) electrons. The van der Waals surface area contributed by atoms with Gasteiger partial charge in [0.25, 0.3) is 5.56 Å². The Hall–Kier alpha value is -3.44. The Bertz CT molecular complexity index is 1480. The van der Waals surface area contributed by atoms with E-state index in [9.17, 15) is 9.59 Å². The summed E-state index contributed by atoms with van der Waals surface area (Å²) in [7, 11) is 0. The van der Waals surface area contributed by atoms with Crippen LogP contribution in [-0.2, 0) is 11.2 Å². The topological polar surface area (TPSA) is 55.2 Å². The Kier molecular flexibility index (Phi) is 7.43. The van der Waals surface area contributed by atoms with Crippen molar-refractivity contribution in [2.24, 2.45) is 5.92 Å². The summed E-state index contributed by atoms with van der Waals surface area (Å²) < 4.78 is 1.70. The first-order chi connectivity index (χ1) is 18.0. The molecule has 1 atom stereocenters. The summed E-state index contributed by atoms with van der Waals surface area (Å²) >= 11 is 6.26. The summed E-state index contributed by atoms with van der Waals surface area (Å²) in [6, 6.07) is 22.8. The van der Waals surface area contributed by atoms with Gasteiger partial charge in [0.15, 0.2) is 0 Å². The highest BCUT2D eigenvalue weighted by Gasteiger charge is 2.35. The summed E-state index contributed by atoms with van der Waals surface area (Å²) in [6.07, 6.45) is 4.32. The zero-order valence-electron chi connectivity index (χ0n) is 21.4. The van der Waals surface area contributed by atoms with Crippen LogP contribution in [0.25, 0.3) is 16.6 Å². The zero-order chi connectivity index (χ0) is 25.9. The molecule has 5 rings (SSSR count). The number of benzene rings is 3. The van der Waals surface area contributed by atoms with Crippen molar-refractivity contribution in [1.82, 2.24) is 14.5 Å². The Morgan fingerprint density at radius 2 is 1.81 bits per heavy atom. The molecule has 6 heteroatoms. The van der Waals surface area contributed by atoms with E-state index in [1.807, 2.05) is 66.4 Å². The lowest BCUT2D eigenvalue weighted by atomic mass is 9.84. The van der Waals surface area contributed by atoms with Crippen LogP contribution in [0.15, 0.2) is 77.6 Å². The molecule has 0 saturated heterocycles. The monoisotopic (exact) mass is 513 g/mol. The lowest BCUT2D eigenvalue weighted by Crippen LogP contribution is -2.44. The minimum absolute atomic E-state index is 0.0442.